The minimum absolute atomic E-state index is 0.00411. The van der Waals surface area contributed by atoms with Gasteiger partial charge in [-0.05, 0) is 24.3 Å². The number of thiazole rings is 1. The van der Waals surface area contributed by atoms with Crippen molar-refractivity contribution in [1.29, 1.82) is 0 Å². The van der Waals surface area contributed by atoms with Gasteiger partial charge in [0.25, 0.3) is 5.91 Å². The van der Waals surface area contributed by atoms with Crippen LogP contribution < -0.4 is 4.80 Å². The maximum Gasteiger partial charge on any atom is 0.256 e. The Morgan fingerprint density at radius 2 is 1.91 bits per heavy atom. The maximum atomic E-state index is 14.2. The molecular formula is C23H27BrCl2FN5O2S. The Bertz CT molecular complexity index is 1180. The molecule has 2 aromatic heterocycles. The Kier molecular flexibility index (Phi) is 12.2. The van der Waals surface area contributed by atoms with Crippen LogP contribution in [-0.4, -0.2) is 63.2 Å². The number of carbonyl (C=O) groups is 1. The third kappa shape index (κ3) is 8.01. The van der Waals surface area contributed by atoms with Crippen LogP contribution >= 0.6 is 50.5 Å². The molecule has 7 nitrogen and oxygen atoms in total. The molecule has 1 N–H and O–H groups in total. The van der Waals surface area contributed by atoms with Gasteiger partial charge >= 0.3 is 0 Å². The Morgan fingerprint density at radius 1 is 1.23 bits per heavy atom. The molecular weight excluding hydrogens is 580 g/mol. The molecule has 12 heteroatoms. The molecule has 4 rings (SSSR count). The fraction of sp³-hybridized carbons (Fsp3) is 0.348. The van der Waals surface area contributed by atoms with Gasteiger partial charge in [-0.25, -0.2) is 9.37 Å². The van der Waals surface area contributed by atoms with Crippen molar-refractivity contribution in [2.45, 2.75) is 20.4 Å². The third-order valence-corrected chi connectivity index (χ3v) is 6.34. The van der Waals surface area contributed by atoms with Crippen molar-refractivity contribution >= 4 is 62.2 Å². The predicted molar refractivity (Wildman–Crippen MR) is 142 cm³/mol. The smallest absolute Gasteiger partial charge is 0.256 e. The van der Waals surface area contributed by atoms with E-state index in [1.807, 2.05) is 19.9 Å². The summed E-state index contributed by atoms with van der Waals surface area (Å²) >= 11 is 15.2. The van der Waals surface area contributed by atoms with Crippen molar-refractivity contribution in [3.05, 3.63) is 73.3 Å². The fourth-order valence-electron chi connectivity index (χ4n) is 3.29. The van der Waals surface area contributed by atoms with Gasteiger partial charge in [-0.1, -0.05) is 47.4 Å². The Hall–Kier alpha value is -1.98. The van der Waals surface area contributed by atoms with Crippen molar-refractivity contribution in [2.24, 2.45) is 4.99 Å². The number of hydrogen-bond donors (Lipinski definition) is 1. The normalized spacial score (nSPS) is 14.0. The molecule has 3 aromatic rings. The summed E-state index contributed by atoms with van der Waals surface area (Å²) in [6.07, 6.45) is 2.98. The number of halogens is 4. The van der Waals surface area contributed by atoms with Crippen LogP contribution in [-0.2, 0) is 6.54 Å². The van der Waals surface area contributed by atoms with E-state index in [9.17, 15) is 14.4 Å². The summed E-state index contributed by atoms with van der Waals surface area (Å²) in [5.41, 5.74) is 0.811. The van der Waals surface area contributed by atoms with E-state index in [4.69, 9.17) is 11.6 Å². The molecule has 0 spiro atoms. The number of nitrogens with zero attached hydrogens (tertiary/aromatic N) is 5. The highest BCUT2D eigenvalue weighted by atomic mass is 79.9. The molecule has 3 heterocycles. The van der Waals surface area contributed by atoms with Gasteiger partial charge < -0.3 is 10.1 Å². The largest absolute Gasteiger partial charge is 0.426 e. The zero-order valence-electron chi connectivity index (χ0n) is 19.6. The van der Waals surface area contributed by atoms with Gasteiger partial charge in [0, 0.05) is 49.0 Å². The summed E-state index contributed by atoms with van der Waals surface area (Å²) in [6.45, 7) is 6.82. The molecule has 1 fully saturated rings. The summed E-state index contributed by atoms with van der Waals surface area (Å²) in [4.78, 5) is 25.8. The molecule has 1 aliphatic heterocycles. The SMILES string of the molecule is CC.CCl.O=C(c1cccc(Cl)c1F)N1CCN(Cc2cc(Br)cc(/N=c3\sccn3O)n2)CC1. The van der Waals surface area contributed by atoms with Crippen molar-refractivity contribution in [3.8, 4) is 0 Å². The van der Waals surface area contributed by atoms with E-state index in [2.05, 4.69) is 42.4 Å². The van der Waals surface area contributed by atoms with Crippen LogP contribution in [0.25, 0.3) is 0 Å². The molecule has 0 bridgehead atoms. The van der Waals surface area contributed by atoms with Gasteiger partial charge in [-0.15, -0.1) is 22.9 Å². The Balaban J connectivity index is 0.00000103. The Labute approximate surface area is 226 Å². The lowest BCUT2D eigenvalue weighted by atomic mass is 10.1. The number of piperazine rings is 1. The molecule has 1 aromatic carbocycles. The van der Waals surface area contributed by atoms with Crippen LogP contribution in [0.4, 0.5) is 10.2 Å². The fourth-order valence-corrected chi connectivity index (χ4v) is 4.55. The number of benzene rings is 1. The predicted octanol–water partition coefficient (Wildman–Crippen LogP) is 5.81. The van der Waals surface area contributed by atoms with Crippen molar-refractivity contribution < 1.29 is 14.4 Å². The van der Waals surface area contributed by atoms with E-state index in [0.717, 1.165) is 14.9 Å². The van der Waals surface area contributed by atoms with E-state index in [0.29, 0.717) is 43.3 Å². The van der Waals surface area contributed by atoms with Gasteiger partial charge in [0.1, 0.15) is 0 Å². The minimum atomic E-state index is -0.679. The molecule has 1 amide bonds. The average molecular weight is 607 g/mol. The lowest BCUT2D eigenvalue weighted by Crippen LogP contribution is -2.48. The molecule has 0 atom stereocenters. The summed E-state index contributed by atoms with van der Waals surface area (Å²) in [5.74, 6) is -0.546. The molecule has 0 saturated carbocycles. The highest BCUT2D eigenvalue weighted by Gasteiger charge is 2.25. The number of alkyl halides is 1. The first-order chi connectivity index (χ1) is 16.9. The lowest BCUT2D eigenvalue weighted by Gasteiger charge is -2.34. The maximum absolute atomic E-state index is 14.2. The average Bonchev–Trinajstić information content (AvgIpc) is 3.27. The number of rotatable bonds is 4. The van der Waals surface area contributed by atoms with Gasteiger partial charge in [0.05, 0.1) is 22.5 Å². The van der Waals surface area contributed by atoms with Gasteiger partial charge in [0.2, 0.25) is 4.80 Å². The molecule has 0 radical (unpaired) electrons. The van der Waals surface area contributed by atoms with Crippen LogP contribution in [0.2, 0.25) is 5.02 Å². The number of hydrogen-bond acceptors (Lipinski definition) is 6. The van der Waals surface area contributed by atoms with Crippen LogP contribution in [0.3, 0.4) is 0 Å². The van der Waals surface area contributed by atoms with E-state index in [1.54, 1.807) is 22.4 Å². The number of pyridine rings is 1. The first-order valence-electron chi connectivity index (χ1n) is 10.8. The third-order valence-electron chi connectivity index (χ3n) is 4.84. The highest BCUT2D eigenvalue weighted by molar-refractivity contribution is 9.10. The molecule has 190 valence electrons. The zero-order chi connectivity index (χ0) is 26.0. The quantitative estimate of drug-likeness (QED) is 0.300. The van der Waals surface area contributed by atoms with Crippen molar-refractivity contribution in [2.75, 3.05) is 32.6 Å². The Morgan fingerprint density at radius 3 is 2.54 bits per heavy atom. The number of amides is 1. The minimum Gasteiger partial charge on any atom is -0.426 e. The van der Waals surface area contributed by atoms with Crippen LogP contribution in [0.5, 0.6) is 0 Å². The van der Waals surface area contributed by atoms with Gasteiger partial charge in [0.15, 0.2) is 11.6 Å². The van der Waals surface area contributed by atoms with Crippen LogP contribution in [0.15, 0.2) is 51.4 Å². The van der Waals surface area contributed by atoms with Crippen LogP contribution in [0, 0.1) is 5.82 Å². The standard InChI is InChI=1S/C20H18BrClFN5O2S.C2H6.CH3Cl/c21-13-10-14(24-17(11-13)25-20-28(30)8-9-31-20)12-26-4-6-27(7-5-26)19(29)15-2-1-3-16(22)18(15)23;2*1-2/h1-3,8-11,30H,4-7,12H2;1-2H3;1H3/b25-20-;;. The van der Waals surface area contributed by atoms with E-state index < -0.39 is 5.82 Å². The van der Waals surface area contributed by atoms with E-state index in [1.165, 1.54) is 36.0 Å². The van der Waals surface area contributed by atoms with Crippen molar-refractivity contribution in [1.82, 2.24) is 19.5 Å². The molecule has 1 saturated heterocycles. The first-order valence-corrected chi connectivity index (χ1v) is 13.6. The summed E-state index contributed by atoms with van der Waals surface area (Å²) < 4.78 is 16.0. The molecule has 35 heavy (non-hydrogen) atoms. The number of carbonyl (C=O) groups excluding carboxylic acids is 1. The lowest BCUT2D eigenvalue weighted by molar-refractivity contribution is 0.0622. The summed E-state index contributed by atoms with van der Waals surface area (Å²) in [5, 5.41) is 11.4. The zero-order valence-corrected chi connectivity index (χ0v) is 23.5. The van der Waals surface area contributed by atoms with Crippen molar-refractivity contribution in [3.63, 3.8) is 0 Å². The molecule has 1 aliphatic rings. The van der Waals surface area contributed by atoms with Gasteiger partial charge in [-0.3, -0.25) is 9.69 Å². The molecule has 0 unspecified atom stereocenters. The highest BCUT2D eigenvalue weighted by Crippen LogP contribution is 2.22. The van der Waals surface area contributed by atoms with Crippen LogP contribution in [0.1, 0.15) is 29.9 Å². The second-order valence-corrected chi connectivity index (χ2v) is 9.14. The molecule has 0 aliphatic carbocycles. The second-order valence-electron chi connectivity index (χ2n) is 6.95. The summed E-state index contributed by atoms with van der Waals surface area (Å²) in [6, 6.07) is 8.15. The second kappa shape index (κ2) is 14.5. The summed E-state index contributed by atoms with van der Waals surface area (Å²) in [7, 11) is 0. The first kappa shape index (κ1) is 29.3. The van der Waals surface area contributed by atoms with E-state index in [-0.39, 0.29) is 16.5 Å². The topological polar surface area (TPSA) is 74.0 Å². The number of aromatic nitrogens is 2. The van der Waals surface area contributed by atoms with E-state index >= 15 is 0 Å². The van der Waals surface area contributed by atoms with Gasteiger partial charge in [-0.2, -0.15) is 9.72 Å². The monoisotopic (exact) mass is 605 g/mol.